The van der Waals surface area contributed by atoms with E-state index in [1.54, 1.807) is 12.3 Å². The van der Waals surface area contributed by atoms with Gasteiger partial charge in [-0.05, 0) is 13.0 Å². The lowest BCUT2D eigenvalue weighted by molar-refractivity contribution is -0.387. The number of aromatic nitrogens is 1. The number of anilines is 1. The minimum absolute atomic E-state index is 0.177. The van der Waals surface area contributed by atoms with Gasteiger partial charge in [-0.1, -0.05) is 12.1 Å². The molecule has 2 aromatic rings. The van der Waals surface area contributed by atoms with E-state index in [2.05, 4.69) is 9.71 Å². The molecule has 0 amide bonds. The lowest BCUT2D eigenvalue weighted by Gasteiger charge is -2.05. The third kappa shape index (κ3) is 2.88. The Morgan fingerprint density at radius 1 is 1.37 bits per heavy atom. The number of nitrogens with zero attached hydrogens (tertiary/aromatic N) is 2. The molecular weight excluding hydrogens is 290 g/mol. The van der Waals surface area contributed by atoms with Crippen LogP contribution in [0.5, 0.6) is 0 Å². The van der Waals surface area contributed by atoms with Crippen molar-refractivity contribution in [1.29, 1.82) is 0 Å². The summed E-state index contributed by atoms with van der Waals surface area (Å²) >= 11 is 1.11. The molecular formula is C10H9N3O4S2. The third-order valence-electron chi connectivity index (χ3n) is 2.19. The van der Waals surface area contributed by atoms with E-state index in [4.69, 9.17) is 0 Å². The van der Waals surface area contributed by atoms with Crippen molar-refractivity contribution in [3.8, 4) is 0 Å². The van der Waals surface area contributed by atoms with E-state index in [-0.39, 0.29) is 10.0 Å². The summed E-state index contributed by atoms with van der Waals surface area (Å²) < 4.78 is 26.4. The van der Waals surface area contributed by atoms with E-state index in [1.807, 2.05) is 0 Å². The number of nitro groups is 1. The number of nitro benzene ring substituents is 1. The van der Waals surface area contributed by atoms with Crippen molar-refractivity contribution in [2.45, 2.75) is 11.8 Å². The van der Waals surface area contributed by atoms with Crippen molar-refractivity contribution >= 4 is 32.2 Å². The maximum Gasteiger partial charge on any atom is 0.289 e. The molecule has 0 atom stereocenters. The van der Waals surface area contributed by atoms with Gasteiger partial charge in [-0.15, -0.1) is 11.3 Å². The second-order valence-electron chi connectivity index (χ2n) is 3.62. The van der Waals surface area contributed by atoms with E-state index in [0.29, 0.717) is 5.69 Å². The van der Waals surface area contributed by atoms with Crippen molar-refractivity contribution < 1.29 is 13.3 Å². The first-order chi connectivity index (χ1) is 8.90. The molecule has 0 radical (unpaired) electrons. The summed E-state index contributed by atoms with van der Waals surface area (Å²) in [7, 11) is -4.02. The van der Waals surface area contributed by atoms with E-state index >= 15 is 0 Å². The zero-order chi connectivity index (χ0) is 14.0. The summed E-state index contributed by atoms with van der Waals surface area (Å²) in [5.41, 5.74) is 0.202. The van der Waals surface area contributed by atoms with Gasteiger partial charge in [0.05, 0.1) is 10.6 Å². The molecule has 100 valence electrons. The van der Waals surface area contributed by atoms with Gasteiger partial charge in [-0.3, -0.25) is 14.8 Å². The average Bonchev–Trinajstić information content (AvgIpc) is 2.74. The highest BCUT2D eigenvalue weighted by atomic mass is 32.2. The largest absolute Gasteiger partial charge is 0.289 e. The Bertz CT molecular complexity index is 724. The Balaban J connectivity index is 2.43. The van der Waals surface area contributed by atoms with Crippen molar-refractivity contribution in [1.82, 2.24) is 4.98 Å². The minimum Gasteiger partial charge on any atom is -0.258 e. The van der Waals surface area contributed by atoms with Gasteiger partial charge in [0.15, 0.2) is 10.0 Å². The first-order valence-corrected chi connectivity index (χ1v) is 7.45. The number of aryl methyl sites for hydroxylation is 1. The number of sulfonamides is 1. The molecule has 0 aliphatic carbocycles. The van der Waals surface area contributed by atoms with Crippen LogP contribution in [0.15, 0.2) is 34.5 Å². The summed E-state index contributed by atoms with van der Waals surface area (Å²) in [5, 5.41) is 12.7. The number of hydrogen-bond donors (Lipinski definition) is 1. The first kappa shape index (κ1) is 13.4. The Morgan fingerprint density at radius 3 is 2.63 bits per heavy atom. The lowest BCUT2D eigenvalue weighted by Crippen LogP contribution is -2.14. The quantitative estimate of drug-likeness (QED) is 0.688. The van der Waals surface area contributed by atoms with Gasteiger partial charge in [0.1, 0.15) is 0 Å². The lowest BCUT2D eigenvalue weighted by atomic mass is 10.3. The number of benzene rings is 1. The molecule has 0 fully saturated rings. The van der Waals surface area contributed by atoms with E-state index < -0.39 is 20.6 Å². The van der Waals surface area contributed by atoms with Gasteiger partial charge < -0.3 is 0 Å². The normalized spacial score (nSPS) is 11.2. The number of para-hydroxylation sites is 1. The van der Waals surface area contributed by atoms with Gasteiger partial charge >= 0.3 is 0 Å². The van der Waals surface area contributed by atoms with Crippen LogP contribution >= 0.6 is 11.3 Å². The van der Waals surface area contributed by atoms with Gasteiger partial charge in [0.25, 0.3) is 15.7 Å². The SMILES string of the molecule is Cc1csc(NS(=O)(=O)c2ccccc2[N+](=O)[O-])n1. The van der Waals surface area contributed by atoms with Crippen LogP contribution in [0, 0.1) is 17.0 Å². The maximum atomic E-state index is 12.1. The molecule has 0 bridgehead atoms. The fraction of sp³-hybridized carbons (Fsp3) is 0.100. The summed E-state index contributed by atoms with van der Waals surface area (Å²) in [6.07, 6.45) is 0. The fourth-order valence-corrected chi connectivity index (χ4v) is 3.52. The Hall–Kier alpha value is -2.00. The molecule has 1 N–H and O–H groups in total. The molecule has 0 spiro atoms. The molecule has 0 aliphatic heterocycles. The maximum absolute atomic E-state index is 12.1. The number of nitrogens with one attached hydrogen (secondary N) is 1. The smallest absolute Gasteiger partial charge is 0.258 e. The second-order valence-corrected chi connectivity index (χ2v) is 6.13. The second kappa shape index (κ2) is 4.94. The van der Waals surface area contributed by atoms with E-state index in [1.165, 1.54) is 18.2 Å². The Morgan fingerprint density at radius 2 is 2.05 bits per heavy atom. The van der Waals surface area contributed by atoms with Crippen LogP contribution in [0.3, 0.4) is 0 Å². The van der Waals surface area contributed by atoms with Crippen molar-refractivity contribution in [3.63, 3.8) is 0 Å². The molecule has 0 saturated heterocycles. The van der Waals surface area contributed by atoms with Crippen LogP contribution in [0.4, 0.5) is 10.8 Å². The molecule has 1 heterocycles. The number of rotatable bonds is 4. The Kier molecular flexibility index (Phi) is 3.49. The minimum atomic E-state index is -4.02. The molecule has 9 heteroatoms. The molecule has 0 unspecified atom stereocenters. The predicted octanol–water partition coefficient (Wildman–Crippen LogP) is 2.16. The highest BCUT2D eigenvalue weighted by Gasteiger charge is 2.25. The topological polar surface area (TPSA) is 102 Å². The van der Waals surface area contributed by atoms with Crippen molar-refractivity contribution in [2.75, 3.05) is 4.72 Å². The third-order valence-corrected chi connectivity index (χ3v) is 4.58. The van der Waals surface area contributed by atoms with Crippen LogP contribution in [0.1, 0.15) is 5.69 Å². The molecule has 0 aliphatic rings. The van der Waals surface area contributed by atoms with Crippen LogP contribution in [0.2, 0.25) is 0 Å². The van der Waals surface area contributed by atoms with Crippen LogP contribution in [-0.4, -0.2) is 18.3 Å². The van der Waals surface area contributed by atoms with Crippen LogP contribution < -0.4 is 4.72 Å². The van der Waals surface area contributed by atoms with Gasteiger partial charge in [0.2, 0.25) is 0 Å². The van der Waals surface area contributed by atoms with E-state index in [0.717, 1.165) is 17.4 Å². The average molecular weight is 299 g/mol. The standard InChI is InChI=1S/C10H9N3O4S2/c1-7-6-18-10(11-7)12-19(16,17)9-5-3-2-4-8(9)13(14)15/h2-6H,1H3,(H,11,12). The van der Waals surface area contributed by atoms with Crippen LogP contribution in [-0.2, 0) is 10.0 Å². The molecule has 2 rings (SSSR count). The molecule has 1 aromatic heterocycles. The van der Waals surface area contributed by atoms with Gasteiger partial charge in [-0.2, -0.15) is 0 Å². The summed E-state index contributed by atoms with van der Waals surface area (Å²) in [6.45, 7) is 1.72. The monoisotopic (exact) mass is 299 g/mol. The highest BCUT2D eigenvalue weighted by Crippen LogP contribution is 2.26. The molecule has 1 aromatic carbocycles. The first-order valence-electron chi connectivity index (χ1n) is 5.08. The fourth-order valence-electron chi connectivity index (χ4n) is 1.41. The van der Waals surface area contributed by atoms with Gasteiger partial charge in [0, 0.05) is 11.4 Å². The summed E-state index contributed by atoms with van der Waals surface area (Å²) in [5.74, 6) is 0. The molecule has 0 saturated carbocycles. The highest BCUT2D eigenvalue weighted by molar-refractivity contribution is 7.93. The molecule has 19 heavy (non-hydrogen) atoms. The number of thiazole rings is 1. The summed E-state index contributed by atoms with van der Waals surface area (Å²) in [6, 6.07) is 5.15. The summed E-state index contributed by atoms with van der Waals surface area (Å²) in [4.78, 5) is 13.7. The predicted molar refractivity (Wildman–Crippen MR) is 70.8 cm³/mol. The number of hydrogen-bond acceptors (Lipinski definition) is 6. The van der Waals surface area contributed by atoms with Crippen molar-refractivity contribution in [3.05, 3.63) is 45.5 Å². The van der Waals surface area contributed by atoms with Gasteiger partial charge in [-0.25, -0.2) is 13.4 Å². The van der Waals surface area contributed by atoms with Crippen LogP contribution in [0.25, 0.3) is 0 Å². The Labute approximate surface area is 113 Å². The molecule has 7 nitrogen and oxygen atoms in total. The zero-order valence-electron chi connectivity index (χ0n) is 9.73. The zero-order valence-corrected chi connectivity index (χ0v) is 11.4. The van der Waals surface area contributed by atoms with E-state index in [9.17, 15) is 18.5 Å². The van der Waals surface area contributed by atoms with Crippen molar-refractivity contribution in [2.24, 2.45) is 0 Å².